The first-order chi connectivity index (χ1) is 14.5. The van der Waals surface area contributed by atoms with Gasteiger partial charge in [-0.2, -0.15) is 0 Å². The molecule has 0 aliphatic heterocycles. The third-order valence-electron chi connectivity index (χ3n) is 3.82. The maximum absolute atomic E-state index is 11.3. The molecular formula is C25H36O5. The Hall–Kier alpha value is -2.63. The fourth-order valence-electron chi connectivity index (χ4n) is 2.20. The van der Waals surface area contributed by atoms with Crippen molar-refractivity contribution in [3.05, 3.63) is 85.3 Å². The standard InChI is InChI=1S/C25H36O5/c1-3-5-12-16-22(26)17-13-10-8-6-7-9-11-14-18-23(27)24(28)19-15-20-25(29)30-21-4-2/h4-13,17,19,22-23,26-28H,2-3,14-16,18,20-21H2,1H3/b7-6+,10-8+,11-9+,12-5+,17-13+,24-19-/t22-,23+/m0/s1. The van der Waals surface area contributed by atoms with E-state index in [4.69, 9.17) is 4.74 Å². The summed E-state index contributed by atoms with van der Waals surface area (Å²) in [5.41, 5.74) is 0. The lowest BCUT2D eigenvalue weighted by molar-refractivity contribution is -0.142. The maximum atomic E-state index is 11.3. The summed E-state index contributed by atoms with van der Waals surface area (Å²) in [6.07, 6.45) is 23.3. The van der Waals surface area contributed by atoms with E-state index in [1.165, 1.54) is 12.2 Å². The number of aliphatic hydroxyl groups is 3. The van der Waals surface area contributed by atoms with E-state index >= 15 is 0 Å². The second-order valence-corrected chi connectivity index (χ2v) is 6.50. The van der Waals surface area contributed by atoms with Crippen molar-refractivity contribution in [3.63, 3.8) is 0 Å². The van der Waals surface area contributed by atoms with Gasteiger partial charge in [0.15, 0.2) is 0 Å². The molecule has 0 saturated carbocycles. The molecule has 0 aromatic carbocycles. The third-order valence-corrected chi connectivity index (χ3v) is 3.82. The van der Waals surface area contributed by atoms with Crippen LogP contribution in [0.5, 0.6) is 0 Å². The van der Waals surface area contributed by atoms with Crippen LogP contribution in [-0.2, 0) is 9.53 Å². The van der Waals surface area contributed by atoms with Crippen LogP contribution in [0.2, 0.25) is 0 Å². The minimum Gasteiger partial charge on any atom is -0.510 e. The largest absolute Gasteiger partial charge is 0.510 e. The second kappa shape index (κ2) is 19.7. The minimum atomic E-state index is -0.952. The molecule has 0 aliphatic rings. The van der Waals surface area contributed by atoms with Gasteiger partial charge in [0, 0.05) is 6.42 Å². The lowest BCUT2D eigenvalue weighted by Gasteiger charge is -2.08. The van der Waals surface area contributed by atoms with Crippen LogP contribution in [0.3, 0.4) is 0 Å². The molecule has 166 valence electrons. The van der Waals surface area contributed by atoms with E-state index in [1.54, 1.807) is 6.08 Å². The van der Waals surface area contributed by atoms with E-state index in [1.807, 2.05) is 54.7 Å². The number of hydrogen-bond donors (Lipinski definition) is 3. The van der Waals surface area contributed by atoms with Gasteiger partial charge < -0.3 is 20.1 Å². The van der Waals surface area contributed by atoms with Crippen molar-refractivity contribution in [1.29, 1.82) is 0 Å². The van der Waals surface area contributed by atoms with Crippen molar-refractivity contribution in [1.82, 2.24) is 0 Å². The molecule has 30 heavy (non-hydrogen) atoms. The molecule has 0 fully saturated rings. The molecule has 0 amide bonds. The Labute approximate surface area is 180 Å². The molecule has 5 nitrogen and oxygen atoms in total. The van der Waals surface area contributed by atoms with Gasteiger partial charge in [-0.25, -0.2) is 0 Å². The summed E-state index contributed by atoms with van der Waals surface area (Å²) in [6.45, 7) is 5.68. The summed E-state index contributed by atoms with van der Waals surface area (Å²) in [6, 6.07) is 0. The van der Waals surface area contributed by atoms with Gasteiger partial charge in [-0.3, -0.25) is 4.79 Å². The van der Waals surface area contributed by atoms with Gasteiger partial charge in [0.2, 0.25) is 0 Å². The predicted molar refractivity (Wildman–Crippen MR) is 123 cm³/mol. The number of rotatable bonds is 16. The Morgan fingerprint density at radius 2 is 1.70 bits per heavy atom. The van der Waals surface area contributed by atoms with Crippen molar-refractivity contribution < 1.29 is 24.9 Å². The van der Waals surface area contributed by atoms with Gasteiger partial charge >= 0.3 is 5.97 Å². The summed E-state index contributed by atoms with van der Waals surface area (Å²) in [7, 11) is 0. The molecule has 0 aromatic heterocycles. The molecule has 0 saturated heterocycles. The van der Waals surface area contributed by atoms with Gasteiger partial charge in [-0.1, -0.05) is 80.3 Å². The molecule has 3 N–H and O–H groups in total. The molecule has 0 bridgehead atoms. The van der Waals surface area contributed by atoms with Crippen LogP contribution in [0.25, 0.3) is 0 Å². The zero-order valence-corrected chi connectivity index (χ0v) is 17.9. The van der Waals surface area contributed by atoms with Gasteiger partial charge in [0.05, 0.1) is 6.10 Å². The molecule has 2 atom stereocenters. The smallest absolute Gasteiger partial charge is 0.306 e. The monoisotopic (exact) mass is 416 g/mol. The van der Waals surface area contributed by atoms with Crippen molar-refractivity contribution >= 4 is 5.97 Å². The van der Waals surface area contributed by atoms with Gasteiger partial charge in [-0.05, 0) is 38.2 Å². The number of carbonyl (C=O) groups excluding carboxylic acids is 1. The number of aliphatic hydroxyl groups excluding tert-OH is 3. The molecule has 5 heteroatoms. The number of allylic oxidation sites excluding steroid dienone is 9. The molecule has 0 aromatic rings. The van der Waals surface area contributed by atoms with E-state index in [-0.39, 0.29) is 24.8 Å². The van der Waals surface area contributed by atoms with Crippen LogP contribution in [0, 0.1) is 0 Å². The highest BCUT2D eigenvalue weighted by atomic mass is 16.5. The van der Waals surface area contributed by atoms with Crippen LogP contribution in [0.1, 0.15) is 45.4 Å². The fraction of sp³-hybridized carbons (Fsp3) is 0.400. The van der Waals surface area contributed by atoms with Crippen molar-refractivity contribution in [2.45, 2.75) is 57.7 Å². The van der Waals surface area contributed by atoms with Crippen LogP contribution < -0.4 is 0 Å². The Morgan fingerprint density at radius 3 is 2.40 bits per heavy atom. The second-order valence-electron chi connectivity index (χ2n) is 6.50. The summed E-state index contributed by atoms with van der Waals surface area (Å²) in [4.78, 5) is 11.3. The SMILES string of the molecule is C=CCOC(=O)CC/C=C(\O)[C@H](O)CC/C=C/C=C/C=C/C=C/[C@@H](O)C/C=C/CC. The first kappa shape index (κ1) is 27.4. The number of ether oxygens (including phenoxy) is 1. The summed E-state index contributed by atoms with van der Waals surface area (Å²) < 4.78 is 4.83. The molecule has 0 spiro atoms. The Morgan fingerprint density at radius 1 is 1.00 bits per heavy atom. The third kappa shape index (κ3) is 17.5. The van der Waals surface area contributed by atoms with E-state index in [9.17, 15) is 20.1 Å². The lowest BCUT2D eigenvalue weighted by atomic mass is 10.1. The lowest BCUT2D eigenvalue weighted by Crippen LogP contribution is -2.10. The average molecular weight is 417 g/mol. The quantitative estimate of drug-likeness (QED) is 0.142. The highest BCUT2D eigenvalue weighted by Crippen LogP contribution is 2.09. The maximum Gasteiger partial charge on any atom is 0.306 e. The van der Waals surface area contributed by atoms with Gasteiger partial charge in [0.1, 0.15) is 18.5 Å². The van der Waals surface area contributed by atoms with Crippen LogP contribution in [0.15, 0.2) is 85.3 Å². The average Bonchev–Trinajstić information content (AvgIpc) is 2.73. The Bertz CT molecular complexity index is 638. The molecular weight excluding hydrogens is 380 g/mol. The molecule has 0 aliphatic carbocycles. The highest BCUT2D eigenvalue weighted by Gasteiger charge is 2.08. The van der Waals surface area contributed by atoms with E-state index < -0.39 is 12.2 Å². The van der Waals surface area contributed by atoms with E-state index in [0.29, 0.717) is 25.7 Å². The number of esters is 1. The molecule has 0 radical (unpaired) electrons. The van der Waals surface area contributed by atoms with Crippen molar-refractivity contribution in [2.75, 3.05) is 6.61 Å². The molecule has 0 unspecified atom stereocenters. The van der Waals surface area contributed by atoms with Crippen molar-refractivity contribution in [2.24, 2.45) is 0 Å². The predicted octanol–water partition coefficient (Wildman–Crippen LogP) is 5.02. The van der Waals surface area contributed by atoms with E-state index in [2.05, 4.69) is 13.5 Å². The Balaban J connectivity index is 4.01. The zero-order chi connectivity index (χ0) is 22.5. The summed E-state index contributed by atoms with van der Waals surface area (Å²) in [5, 5.41) is 29.4. The Kier molecular flexibility index (Phi) is 18.0. The summed E-state index contributed by atoms with van der Waals surface area (Å²) in [5.74, 6) is -0.495. The van der Waals surface area contributed by atoms with E-state index in [0.717, 1.165) is 6.42 Å². The first-order valence-electron chi connectivity index (χ1n) is 10.3. The molecule has 0 heterocycles. The summed E-state index contributed by atoms with van der Waals surface area (Å²) >= 11 is 0. The van der Waals surface area contributed by atoms with Gasteiger partial charge in [-0.15, -0.1) is 0 Å². The highest BCUT2D eigenvalue weighted by molar-refractivity contribution is 5.69. The first-order valence-corrected chi connectivity index (χ1v) is 10.3. The topological polar surface area (TPSA) is 87.0 Å². The normalized spacial score (nSPS) is 15.1. The zero-order valence-electron chi connectivity index (χ0n) is 17.9. The fourth-order valence-corrected chi connectivity index (χ4v) is 2.20. The number of hydrogen-bond acceptors (Lipinski definition) is 5. The van der Waals surface area contributed by atoms with Crippen LogP contribution in [0.4, 0.5) is 0 Å². The minimum absolute atomic E-state index is 0.127. The van der Waals surface area contributed by atoms with Gasteiger partial charge in [0.25, 0.3) is 0 Å². The van der Waals surface area contributed by atoms with Crippen molar-refractivity contribution in [3.8, 4) is 0 Å². The van der Waals surface area contributed by atoms with Crippen LogP contribution >= 0.6 is 0 Å². The number of carbonyl (C=O) groups is 1. The van der Waals surface area contributed by atoms with Crippen LogP contribution in [-0.4, -0.2) is 40.1 Å². The molecule has 0 rings (SSSR count).